The summed E-state index contributed by atoms with van der Waals surface area (Å²) in [5.74, 6) is 0. The maximum atomic E-state index is 8.86. The molecule has 0 spiro atoms. The number of likely N-dealkylation sites (N-methyl/N-ethyl adjacent to an activating group) is 1. The minimum atomic E-state index is 0.00110. The van der Waals surface area contributed by atoms with Gasteiger partial charge in [0, 0.05) is 33.5 Å². The number of anilines is 1. The second kappa shape index (κ2) is 6.40. The predicted octanol–water partition coefficient (Wildman–Crippen LogP) is 3.91. The first-order chi connectivity index (χ1) is 9.52. The number of nitrogens with two attached hydrogens (primary N) is 1. The Hall–Kier alpha value is -1.35. The second-order valence-corrected chi connectivity index (χ2v) is 6.60. The molecule has 0 aliphatic rings. The van der Waals surface area contributed by atoms with Crippen LogP contribution in [0.15, 0.2) is 40.2 Å². The first kappa shape index (κ1) is 15.0. The Bertz CT molecular complexity index is 613. The van der Waals surface area contributed by atoms with Gasteiger partial charge in [0.25, 0.3) is 0 Å². The Morgan fingerprint density at radius 1 is 1.35 bits per heavy atom. The smallest absolute Gasteiger partial charge is 0.0991 e. The fourth-order valence-corrected chi connectivity index (χ4v) is 3.92. The average molecular weight is 350 g/mol. The van der Waals surface area contributed by atoms with Gasteiger partial charge >= 0.3 is 0 Å². The average Bonchev–Trinajstić information content (AvgIpc) is 2.85. The lowest BCUT2D eigenvalue weighted by Crippen LogP contribution is -2.36. The minimum absolute atomic E-state index is 0.00110. The minimum Gasteiger partial charge on any atom is -0.365 e. The second-order valence-electron chi connectivity index (χ2n) is 4.74. The number of benzene rings is 1. The van der Waals surface area contributed by atoms with Crippen molar-refractivity contribution in [3.63, 3.8) is 0 Å². The van der Waals surface area contributed by atoms with Crippen LogP contribution in [0.2, 0.25) is 0 Å². The van der Waals surface area contributed by atoms with Gasteiger partial charge in [0.2, 0.25) is 0 Å². The highest BCUT2D eigenvalue weighted by Gasteiger charge is 2.23. The van der Waals surface area contributed by atoms with Crippen LogP contribution in [0.5, 0.6) is 0 Å². The fourth-order valence-electron chi connectivity index (χ4n) is 2.22. The third kappa shape index (κ3) is 3.21. The molecule has 2 N–H and O–H groups in total. The van der Waals surface area contributed by atoms with Crippen molar-refractivity contribution in [3.8, 4) is 6.07 Å². The molecule has 2 aromatic rings. The summed E-state index contributed by atoms with van der Waals surface area (Å²) in [7, 11) is 2.03. The highest BCUT2D eigenvalue weighted by atomic mass is 79.9. The highest BCUT2D eigenvalue weighted by Crippen LogP contribution is 2.33. The zero-order valence-corrected chi connectivity index (χ0v) is 13.8. The third-order valence-corrected chi connectivity index (χ3v) is 4.96. The SMILES string of the molecule is CC(N)C(c1cc(Br)cs1)N(C)c1ccc(C#N)cc1. The van der Waals surface area contributed by atoms with E-state index in [0.29, 0.717) is 5.56 Å². The van der Waals surface area contributed by atoms with E-state index >= 15 is 0 Å². The maximum absolute atomic E-state index is 8.86. The Labute approximate surface area is 131 Å². The monoisotopic (exact) mass is 349 g/mol. The number of nitrogens with zero attached hydrogens (tertiary/aromatic N) is 2. The Morgan fingerprint density at radius 2 is 2.00 bits per heavy atom. The fraction of sp³-hybridized carbons (Fsp3) is 0.267. The molecule has 20 heavy (non-hydrogen) atoms. The molecule has 2 atom stereocenters. The summed E-state index contributed by atoms with van der Waals surface area (Å²) in [6.45, 7) is 2.01. The van der Waals surface area contributed by atoms with Crippen LogP contribution in [0.25, 0.3) is 0 Å². The molecule has 0 fully saturated rings. The molecule has 3 nitrogen and oxygen atoms in total. The molecule has 1 aromatic heterocycles. The Balaban J connectivity index is 2.31. The lowest BCUT2D eigenvalue weighted by atomic mass is 10.1. The van der Waals surface area contributed by atoms with E-state index in [-0.39, 0.29) is 12.1 Å². The summed E-state index contributed by atoms with van der Waals surface area (Å²) in [5, 5.41) is 10.9. The Kier molecular flexibility index (Phi) is 4.81. The van der Waals surface area contributed by atoms with Gasteiger partial charge in [-0.2, -0.15) is 5.26 Å². The van der Waals surface area contributed by atoms with Crippen LogP contribution in [0.1, 0.15) is 23.4 Å². The van der Waals surface area contributed by atoms with Gasteiger partial charge in [-0.15, -0.1) is 11.3 Å². The van der Waals surface area contributed by atoms with E-state index in [1.807, 2.05) is 38.2 Å². The number of thiophene rings is 1. The maximum Gasteiger partial charge on any atom is 0.0991 e. The van der Waals surface area contributed by atoms with Gasteiger partial charge in [0.15, 0.2) is 0 Å². The molecule has 0 saturated heterocycles. The summed E-state index contributed by atoms with van der Waals surface area (Å²) in [4.78, 5) is 3.38. The van der Waals surface area contributed by atoms with Crippen LogP contribution in [0.3, 0.4) is 0 Å². The van der Waals surface area contributed by atoms with E-state index in [9.17, 15) is 0 Å². The van der Waals surface area contributed by atoms with Crippen LogP contribution in [-0.4, -0.2) is 13.1 Å². The molecule has 0 aliphatic heterocycles. The molecular formula is C15H16BrN3S. The van der Waals surface area contributed by atoms with Crippen molar-refractivity contribution in [2.45, 2.75) is 19.0 Å². The molecule has 0 bridgehead atoms. The van der Waals surface area contributed by atoms with Gasteiger partial charge in [0.05, 0.1) is 17.7 Å². The van der Waals surface area contributed by atoms with E-state index in [1.165, 1.54) is 4.88 Å². The quantitative estimate of drug-likeness (QED) is 0.910. The van der Waals surface area contributed by atoms with E-state index < -0.39 is 0 Å². The van der Waals surface area contributed by atoms with E-state index in [1.54, 1.807) is 11.3 Å². The molecule has 2 rings (SSSR count). The van der Waals surface area contributed by atoms with Crippen LogP contribution in [0.4, 0.5) is 5.69 Å². The standard InChI is InChI=1S/C15H16BrN3S/c1-10(18)15(14-7-12(16)9-20-14)19(2)13-5-3-11(8-17)4-6-13/h3-7,9-10,15H,18H2,1-2H3. The summed E-state index contributed by atoms with van der Waals surface area (Å²) in [6, 6.07) is 11.9. The molecule has 0 saturated carbocycles. The van der Waals surface area contributed by atoms with Crippen molar-refractivity contribution in [3.05, 3.63) is 50.6 Å². The van der Waals surface area contributed by atoms with Crippen LogP contribution >= 0.6 is 27.3 Å². The number of halogens is 1. The van der Waals surface area contributed by atoms with Crippen LogP contribution in [0, 0.1) is 11.3 Å². The van der Waals surface area contributed by atoms with Gasteiger partial charge in [-0.1, -0.05) is 0 Å². The lowest BCUT2D eigenvalue weighted by Gasteiger charge is -2.32. The van der Waals surface area contributed by atoms with E-state index in [0.717, 1.165) is 10.2 Å². The van der Waals surface area contributed by atoms with Crippen molar-refractivity contribution in [2.24, 2.45) is 5.73 Å². The zero-order chi connectivity index (χ0) is 14.7. The van der Waals surface area contributed by atoms with Crippen molar-refractivity contribution < 1.29 is 0 Å². The molecule has 104 valence electrons. The first-order valence-corrected chi connectivity index (χ1v) is 7.92. The lowest BCUT2D eigenvalue weighted by molar-refractivity contribution is 0.566. The summed E-state index contributed by atoms with van der Waals surface area (Å²) in [5.41, 5.74) is 7.89. The van der Waals surface area contributed by atoms with Crippen molar-refractivity contribution >= 4 is 33.0 Å². The number of hydrogen-bond donors (Lipinski definition) is 1. The van der Waals surface area contributed by atoms with Crippen LogP contribution in [-0.2, 0) is 0 Å². The zero-order valence-electron chi connectivity index (χ0n) is 11.4. The summed E-state index contributed by atoms with van der Waals surface area (Å²) >= 11 is 5.18. The predicted molar refractivity (Wildman–Crippen MR) is 88.0 cm³/mol. The Morgan fingerprint density at radius 3 is 2.45 bits per heavy atom. The van der Waals surface area contributed by atoms with Gasteiger partial charge in [0.1, 0.15) is 0 Å². The summed E-state index contributed by atoms with van der Waals surface area (Å²) in [6.07, 6.45) is 0. The normalized spacial score (nSPS) is 13.6. The topological polar surface area (TPSA) is 53.0 Å². The van der Waals surface area contributed by atoms with E-state index in [4.69, 9.17) is 11.0 Å². The van der Waals surface area contributed by atoms with Gasteiger partial charge in [-0.25, -0.2) is 0 Å². The molecule has 0 radical (unpaired) electrons. The van der Waals surface area contributed by atoms with Gasteiger partial charge in [-0.3, -0.25) is 0 Å². The van der Waals surface area contributed by atoms with Crippen molar-refractivity contribution in [1.29, 1.82) is 5.26 Å². The first-order valence-electron chi connectivity index (χ1n) is 6.25. The summed E-state index contributed by atoms with van der Waals surface area (Å²) < 4.78 is 1.08. The number of hydrogen-bond acceptors (Lipinski definition) is 4. The number of rotatable bonds is 4. The highest BCUT2D eigenvalue weighted by molar-refractivity contribution is 9.10. The van der Waals surface area contributed by atoms with Crippen molar-refractivity contribution in [1.82, 2.24) is 0 Å². The molecule has 0 amide bonds. The molecule has 5 heteroatoms. The van der Waals surface area contributed by atoms with Crippen molar-refractivity contribution in [2.75, 3.05) is 11.9 Å². The third-order valence-electron chi connectivity index (χ3n) is 3.20. The molecule has 0 aliphatic carbocycles. The van der Waals surface area contributed by atoms with Crippen LogP contribution < -0.4 is 10.6 Å². The van der Waals surface area contributed by atoms with Gasteiger partial charge < -0.3 is 10.6 Å². The van der Waals surface area contributed by atoms with E-state index in [2.05, 4.69) is 38.3 Å². The molecule has 1 aromatic carbocycles. The molecule has 2 unspecified atom stereocenters. The number of nitriles is 1. The molecular weight excluding hydrogens is 334 g/mol. The largest absolute Gasteiger partial charge is 0.365 e. The molecule has 1 heterocycles. The van der Waals surface area contributed by atoms with Gasteiger partial charge in [-0.05, 0) is 53.2 Å².